The lowest BCUT2D eigenvalue weighted by atomic mass is 9.88. The van der Waals surface area contributed by atoms with Crippen LogP contribution in [0.25, 0.3) is 16.6 Å². The fourth-order valence-electron chi connectivity index (χ4n) is 5.44. The van der Waals surface area contributed by atoms with Crippen molar-refractivity contribution in [1.29, 1.82) is 0 Å². The van der Waals surface area contributed by atoms with Gasteiger partial charge in [-0.3, -0.25) is 9.69 Å². The molecule has 3 fully saturated rings. The predicted octanol–water partition coefficient (Wildman–Crippen LogP) is 5.12. The quantitative estimate of drug-likeness (QED) is 0.312. The van der Waals surface area contributed by atoms with Gasteiger partial charge in [0.05, 0.1) is 29.4 Å². The lowest BCUT2D eigenvalue weighted by Crippen LogP contribution is -2.70. The summed E-state index contributed by atoms with van der Waals surface area (Å²) < 4.78 is 27.5. The summed E-state index contributed by atoms with van der Waals surface area (Å²) in [5, 5.41) is 3.90. The molecule has 9 nitrogen and oxygen atoms in total. The summed E-state index contributed by atoms with van der Waals surface area (Å²) in [7, 11) is 0. The molecule has 2 bridgehead atoms. The highest BCUT2D eigenvalue weighted by atomic mass is 19.1. The summed E-state index contributed by atoms with van der Waals surface area (Å²) in [5.41, 5.74) is 1.96. The van der Waals surface area contributed by atoms with Crippen molar-refractivity contribution in [3.8, 4) is 16.9 Å². The summed E-state index contributed by atoms with van der Waals surface area (Å²) in [6, 6.07) is 15.4. The largest absolute Gasteiger partial charge is 0.487 e. The molecule has 0 saturated carbocycles. The van der Waals surface area contributed by atoms with E-state index in [4.69, 9.17) is 14.5 Å². The van der Waals surface area contributed by atoms with Gasteiger partial charge in [0.25, 0.3) is 0 Å². The Kier molecular flexibility index (Phi) is 6.40. The van der Waals surface area contributed by atoms with Crippen LogP contribution in [0.4, 0.5) is 15.0 Å². The maximum Gasteiger partial charge on any atom is 0.410 e. The molecule has 1 aromatic carbocycles. The molecule has 206 valence electrons. The number of carbonyl (C=O) groups excluding carboxylic acids is 2. The fraction of sp³-hybridized carbons (Fsp3) is 0.333. The van der Waals surface area contributed by atoms with Gasteiger partial charge >= 0.3 is 6.09 Å². The Bertz CT molecular complexity index is 1550. The number of nitrogens with zero attached hydrogens (tertiary/aromatic N) is 5. The molecule has 3 aliphatic heterocycles. The van der Waals surface area contributed by atoms with Gasteiger partial charge in [-0.1, -0.05) is 30.3 Å². The minimum Gasteiger partial charge on any atom is -0.487 e. The van der Waals surface area contributed by atoms with Crippen molar-refractivity contribution >= 4 is 23.7 Å². The van der Waals surface area contributed by atoms with E-state index in [1.807, 2.05) is 68.1 Å². The Hall–Kier alpha value is -4.47. The maximum absolute atomic E-state index is 14.5. The van der Waals surface area contributed by atoms with Crippen molar-refractivity contribution in [1.82, 2.24) is 19.5 Å². The average molecular weight is 544 g/mol. The molecule has 7 rings (SSSR count). The highest BCUT2D eigenvalue weighted by Crippen LogP contribution is 2.37. The normalized spacial score (nSPS) is 18.4. The van der Waals surface area contributed by atoms with Crippen LogP contribution in [-0.4, -0.2) is 62.7 Å². The maximum atomic E-state index is 14.5. The van der Waals surface area contributed by atoms with Gasteiger partial charge in [0.2, 0.25) is 5.95 Å². The topological polar surface area (TPSA) is 89.3 Å². The minimum absolute atomic E-state index is 0.0815. The third-order valence-electron chi connectivity index (χ3n) is 7.24. The number of benzene rings is 1. The van der Waals surface area contributed by atoms with Crippen molar-refractivity contribution in [3.63, 3.8) is 0 Å². The lowest BCUT2D eigenvalue weighted by molar-refractivity contribution is -0.0380. The van der Waals surface area contributed by atoms with Crippen LogP contribution in [0.2, 0.25) is 0 Å². The van der Waals surface area contributed by atoms with Gasteiger partial charge in [0.15, 0.2) is 6.29 Å². The first kappa shape index (κ1) is 25.8. The molecule has 40 heavy (non-hydrogen) atoms. The summed E-state index contributed by atoms with van der Waals surface area (Å²) >= 11 is 0. The predicted molar refractivity (Wildman–Crippen MR) is 147 cm³/mol. The zero-order valence-electron chi connectivity index (χ0n) is 22.6. The van der Waals surface area contributed by atoms with E-state index >= 15 is 0 Å². The number of hydrogen-bond donors (Lipinski definition) is 0. The molecule has 6 heterocycles. The molecule has 3 saturated heterocycles. The first-order valence-electron chi connectivity index (χ1n) is 13.3. The van der Waals surface area contributed by atoms with E-state index in [-0.39, 0.29) is 23.7 Å². The van der Waals surface area contributed by atoms with Gasteiger partial charge in [-0.25, -0.2) is 14.3 Å². The lowest BCUT2D eigenvalue weighted by Gasteiger charge is -2.56. The molecule has 10 heteroatoms. The molecule has 2 unspecified atom stereocenters. The monoisotopic (exact) mass is 543 g/mol. The highest BCUT2D eigenvalue weighted by Gasteiger charge is 2.49. The third kappa shape index (κ3) is 4.85. The number of pyridine rings is 2. The molecule has 2 atom stereocenters. The van der Waals surface area contributed by atoms with Crippen LogP contribution in [0.15, 0.2) is 60.9 Å². The van der Waals surface area contributed by atoms with E-state index in [1.165, 1.54) is 4.52 Å². The number of amides is 1. The van der Waals surface area contributed by atoms with Gasteiger partial charge in [0, 0.05) is 30.4 Å². The SMILES string of the molecule is CC(C)(C)OC(=O)N1C2CC1CN(c1ccc(-c3cc(OCc4ccccc4)cn4nc(F)c(C=O)c34)cn1)C2. The number of fused-ring (bicyclic) bond motifs is 3. The Morgan fingerprint density at radius 2 is 1.88 bits per heavy atom. The zero-order chi connectivity index (χ0) is 28.0. The van der Waals surface area contributed by atoms with Crippen LogP contribution in [0.1, 0.15) is 43.1 Å². The first-order valence-corrected chi connectivity index (χ1v) is 13.3. The number of anilines is 1. The van der Waals surface area contributed by atoms with E-state index in [2.05, 4.69) is 10.00 Å². The number of carbonyl (C=O) groups is 2. The number of halogens is 1. The molecular formula is C30H30FN5O4. The van der Waals surface area contributed by atoms with E-state index in [0.29, 0.717) is 48.4 Å². The number of ether oxygens (including phenoxy) is 2. The van der Waals surface area contributed by atoms with Crippen molar-refractivity contribution in [3.05, 3.63) is 78.0 Å². The molecule has 3 aromatic heterocycles. The fourth-order valence-corrected chi connectivity index (χ4v) is 5.44. The summed E-state index contributed by atoms with van der Waals surface area (Å²) in [5.74, 6) is 0.418. The number of piperazine rings is 1. The van der Waals surface area contributed by atoms with E-state index in [1.54, 1.807) is 18.5 Å². The molecule has 4 aromatic rings. The number of aldehydes is 1. The van der Waals surface area contributed by atoms with Gasteiger partial charge in [-0.15, -0.1) is 5.10 Å². The Labute approximate surface area is 231 Å². The number of piperidine rings is 1. The van der Waals surface area contributed by atoms with Gasteiger partial charge in [0.1, 0.15) is 23.8 Å². The number of aromatic nitrogens is 3. The van der Waals surface area contributed by atoms with Gasteiger partial charge < -0.3 is 14.4 Å². The van der Waals surface area contributed by atoms with E-state index in [0.717, 1.165) is 17.8 Å². The zero-order valence-corrected chi connectivity index (χ0v) is 22.6. The summed E-state index contributed by atoms with van der Waals surface area (Å²) in [4.78, 5) is 33.1. The van der Waals surface area contributed by atoms with Gasteiger partial charge in [-0.2, -0.15) is 4.39 Å². The standard InChI is InChI=1S/C30H30FN5O4/c1-30(2,3)40-29(38)36-21-11-22(36)15-34(14-21)26-10-9-20(13-32-26)24-12-23(39-18-19-7-5-4-6-8-19)16-35-27(24)25(17-37)28(31)33-35/h4-10,12-13,16-17,21-22H,11,14-15,18H2,1-3H3. The average Bonchev–Trinajstić information content (AvgIpc) is 3.25. The molecule has 3 aliphatic rings. The minimum atomic E-state index is -0.844. The van der Waals surface area contributed by atoms with E-state index < -0.39 is 11.5 Å². The summed E-state index contributed by atoms with van der Waals surface area (Å²) in [6.45, 7) is 7.26. The van der Waals surface area contributed by atoms with Crippen LogP contribution in [0.5, 0.6) is 5.75 Å². The number of hydrogen-bond acceptors (Lipinski definition) is 7. The first-order chi connectivity index (χ1) is 19.2. The molecular weight excluding hydrogens is 513 g/mol. The van der Waals surface area contributed by atoms with Crippen molar-refractivity contribution in [2.24, 2.45) is 0 Å². The third-order valence-corrected chi connectivity index (χ3v) is 7.24. The summed E-state index contributed by atoms with van der Waals surface area (Å²) in [6.07, 6.45) is 4.42. The second kappa shape index (κ2) is 9.93. The second-order valence-corrected chi connectivity index (χ2v) is 11.2. The van der Waals surface area contributed by atoms with Gasteiger partial charge in [-0.05, 0) is 51.0 Å². The highest BCUT2D eigenvalue weighted by molar-refractivity contribution is 5.95. The van der Waals surface area contributed by atoms with Crippen molar-refractivity contribution in [2.75, 3.05) is 18.0 Å². The van der Waals surface area contributed by atoms with Crippen LogP contribution in [0, 0.1) is 5.95 Å². The molecule has 0 aliphatic carbocycles. The van der Waals surface area contributed by atoms with Crippen molar-refractivity contribution in [2.45, 2.75) is 51.5 Å². The Balaban J connectivity index is 1.24. The van der Waals surface area contributed by atoms with E-state index in [9.17, 15) is 14.0 Å². The molecule has 0 N–H and O–H groups in total. The Morgan fingerprint density at radius 1 is 1.12 bits per heavy atom. The van der Waals surface area contributed by atoms with Crippen LogP contribution in [-0.2, 0) is 11.3 Å². The molecule has 0 spiro atoms. The van der Waals surface area contributed by atoms with Crippen molar-refractivity contribution < 1.29 is 23.5 Å². The van der Waals surface area contributed by atoms with Crippen LogP contribution in [0.3, 0.4) is 0 Å². The van der Waals surface area contributed by atoms with Crippen LogP contribution < -0.4 is 9.64 Å². The smallest absolute Gasteiger partial charge is 0.410 e. The number of rotatable bonds is 6. The van der Waals surface area contributed by atoms with Crippen LogP contribution >= 0.6 is 0 Å². The molecule has 0 radical (unpaired) electrons. The Morgan fingerprint density at radius 3 is 2.52 bits per heavy atom. The molecule has 1 amide bonds. The second-order valence-electron chi connectivity index (χ2n) is 11.2.